The average Bonchev–Trinajstić information content (AvgIpc) is 3.44. The van der Waals surface area contributed by atoms with Crippen LogP contribution in [-0.2, 0) is 11.3 Å². The first-order valence-electron chi connectivity index (χ1n) is 10.5. The maximum atomic E-state index is 13.5. The molecule has 9 heteroatoms. The SMILES string of the molecule is CCCCN(C)C(=O)Cn1nc(C)c2nn(-c3ccc(Cl)cc3)c(-n3cccc3)c2c1=O. The van der Waals surface area contributed by atoms with E-state index in [1.165, 1.54) is 4.68 Å². The van der Waals surface area contributed by atoms with Crippen molar-refractivity contribution in [2.75, 3.05) is 13.6 Å². The summed E-state index contributed by atoms with van der Waals surface area (Å²) < 4.78 is 4.78. The third-order valence-corrected chi connectivity index (χ3v) is 5.65. The number of amides is 1. The van der Waals surface area contributed by atoms with Crippen molar-refractivity contribution in [2.45, 2.75) is 33.2 Å². The number of halogens is 1. The van der Waals surface area contributed by atoms with E-state index in [-0.39, 0.29) is 18.0 Å². The predicted molar refractivity (Wildman–Crippen MR) is 125 cm³/mol. The molecule has 0 saturated carbocycles. The Kier molecular flexibility index (Phi) is 6.14. The maximum absolute atomic E-state index is 13.5. The molecule has 0 saturated heterocycles. The molecule has 0 bridgehead atoms. The fourth-order valence-corrected chi connectivity index (χ4v) is 3.74. The minimum atomic E-state index is -0.355. The van der Waals surface area contributed by atoms with Crippen LogP contribution < -0.4 is 5.56 Å². The second-order valence-corrected chi connectivity index (χ2v) is 8.18. The molecule has 0 aliphatic carbocycles. The molecule has 1 aromatic carbocycles. The summed E-state index contributed by atoms with van der Waals surface area (Å²) in [4.78, 5) is 27.8. The molecule has 0 aliphatic heterocycles. The lowest BCUT2D eigenvalue weighted by Gasteiger charge is -2.17. The van der Waals surface area contributed by atoms with Gasteiger partial charge in [-0.3, -0.25) is 9.59 Å². The van der Waals surface area contributed by atoms with Crippen LogP contribution in [0.4, 0.5) is 0 Å². The molecule has 4 rings (SSSR count). The number of benzene rings is 1. The van der Waals surface area contributed by atoms with Crippen LogP contribution in [0.25, 0.3) is 22.4 Å². The minimum Gasteiger partial charge on any atom is -0.344 e. The lowest BCUT2D eigenvalue weighted by Crippen LogP contribution is -2.36. The topological polar surface area (TPSA) is 78.0 Å². The van der Waals surface area contributed by atoms with E-state index in [1.807, 2.05) is 41.2 Å². The van der Waals surface area contributed by atoms with E-state index in [0.717, 1.165) is 18.5 Å². The number of rotatable bonds is 7. The molecule has 0 aliphatic rings. The molecule has 0 spiro atoms. The number of carbonyl (C=O) groups is 1. The number of nitrogens with zero attached hydrogens (tertiary/aromatic N) is 6. The monoisotopic (exact) mass is 452 g/mol. The Morgan fingerprint density at radius 1 is 1.12 bits per heavy atom. The van der Waals surface area contributed by atoms with Gasteiger partial charge in [-0.15, -0.1) is 0 Å². The number of carbonyl (C=O) groups excluding carboxylic acids is 1. The van der Waals surface area contributed by atoms with E-state index in [2.05, 4.69) is 12.0 Å². The summed E-state index contributed by atoms with van der Waals surface area (Å²) in [5, 5.41) is 10.1. The third-order valence-electron chi connectivity index (χ3n) is 5.40. The van der Waals surface area contributed by atoms with Crippen LogP contribution in [0.1, 0.15) is 25.5 Å². The summed E-state index contributed by atoms with van der Waals surface area (Å²) in [6.07, 6.45) is 5.61. The number of hydrogen-bond donors (Lipinski definition) is 0. The zero-order valence-electron chi connectivity index (χ0n) is 18.3. The van der Waals surface area contributed by atoms with Gasteiger partial charge in [0.2, 0.25) is 5.91 Å². The number of fused-ring (bicyclic) bond motifs is 1. The lowest BCUT2D eigenvalue weighted by molar-refractivity contribution is -0.130. The van der Waals surface area contributed by atoms with E-state index in [4.69, 9.17) is 16.7 Å². The summed E-state index contributed by atoms with van der Waals surface area (Å²) in [7, 11) is 1.75. The standard InChI is InChI=1S/C23H25ClN6O2/c1-4-5-12-27(3)19(31)15-29-23(32)20-21(16(2)25-29)26-30(18-10-8-17(24)9-11-18)22(20)28-13-6-7-14-28/h6-11,13-14H,4-5,12,15H2,1-3H3. The highest BCUT2D eigenvalue weighted by Crippen LogP contribution is 2.25. The highest BCUT2D eigenvalue weighted by Gasteiger charge is 2.22. The Balaban J connectivity index is 1.88. The zero-order chi connectivity index (χ0) is 22.8. The molecule has 4 aromatic rings. The van der Waals surface area contributed by atoms with Crippen molar-refractivity contribution < 1.29 is 4.79 Å². The smallest absolute Gasteiger partial charge is 0.280 e. The van der Waals surface area contributed by atoms with E-state index in [9.17, 15) is 9.59 Å². The van der Waals surface area contributed by atoms with Gasteiger partial charge in [-0.05, 0) is 49.7 Å². The fraction of sp³-hybridized carbons (Fsp3) is 0.304. The largest absolute Gasteiger partial charge is 0.344 e. The van der Waals surface area contributed by atoms with Gasteiger partial charge in [-0.25, -0.2) is 9.36 Å². The van der Waals surface area contributed by atoms with Gasteiger partial charge in [0, 0.05) is 31.0 Å². The van der Waals surface area contributed by atoms with Crippen molar-refractivity contribution in [1.29, 1.82) is 0 Å². The van der Waals surface area contributed by atoms with Gasteiger partial charge in [-0.2, -0.15) is 10.2 Å². The zero-order valence-corrected chi connectivity index (χ0v) is 19.1. The third kappa shape index (κ3) is 4.05. The number of likely N-dealkylation sites (N-methyl/N-ethyl adjacent to an activating group) is 1. The molecule has 0 unspecified atom stereocenters. The molecular weight excluding hydrogens is 428 g/mol. The van der Waals surface area contributed by atoms with Crippen molar-refractivity contribution in [3.63, 3.8) is 0 Å². The molecular formula is C23H25ClN6O2. The van der Waals surface area contributed by atoms with Crippen LogP contribution in [0.15, 0.2) is 53.6 Å². The molecule has 32 heavy (non-hydrogen) atoms. The number of unbranched alkanes of at least 4 members (excludes halogenated alkanes) is 1. The second kappa shape index (κ2) is 9.00. The highest BCUT2D eigenvalue weighted by atomic mass is 35.5. The highest BCUT2D eigenvalue weighted by molar-refractivity contribution is 6.30. The van der Waals surface area contributed by atoms with Gasteiger partial charge >= 0.3 is 0 Å². The van der Waals surface area contributed by atoms with Crippen LogP contribution in [0, 0.1) is 6.92 Å². The van der Waals surface area contributed by atoms with Crippen LogP contribution in [-0.4, -0.2) is 48.5 Å². The average molecular weight is 453 g/mol. The van der Waals surface area contributed by atoms with E-state index >= 15 is 0 Å². The van der Waals surface area contributed by atoms with Crippen molar-refractivity contribution >= 4 is 28.4 Å². The molecule has 3 heterocycles. The van der Waals surface area contributed by atoms with Gasteiger partial charge in [-0.1, -0.05) is 24.9 Å². The van der Waals surface area contributed by atoms with Crippen LogP contribution in [0.5, 0.6) is 0 Å². The van der Waals surface area contributed by atoms with Crippen LogP contribution in [0.2, 0.25) is 5.02 Å². The molecule has 3 aromatic heterocycles. The second-order valence-electron chi connectivity index (χ2n) is 7.74. The van der Waals surface area contributed by atoms with Gasteiger partial charge in [0.15, 0.2) is 5.82 Å². The summed E-state index contributed by atoms with van der Waals surface area (Å²) in [6.45, 7) is 4.40. The molecule has 8 nitrogen and oxygen atoms in total. The molecule has 1 amide bonds. The van der Waals surface area contributed by atoms with Gasteiger partial charge < -0.3 is 9.47 Å². The first-order valence-corrected chi connectivity index (χ1v) is 10.9. The molecule has 0 atom stereocenters. The normalized spacial score (nSPS) is 11.2. The molecule has 0 fully saturated rings. The first kappa shape index (κ1) is 21.8. The number of aromatic nitrogens is 5. The molecule has 0 N–H and O–H groups in total. The first-order chi connectivity index (χ1) is 15.4. The fourth-order valence-electron chi connectivity index (χ4n) is 3.61. The summed E-state index contributed by atoms with van der Waals surface area (Å²) in [5.74, 6) is 0.433. The summed E-state index contributed by atoms with van der Waals surface area (Å²) in [6, 6.07) is 11.0. The van der Waals surface area contributed by atoms with E-state index in [0.29, 0.717) is 34.0 Å². The Morgan fingerprint density at radius 3 is 2.47 bits per heavy atom. The van der Waals surface area contributed by atoms with Crippen molar-refractivity contribution in [3.05, 3.63) is 69.9 Å². The predicted octanol–water partition coefficient (Wildman–Crippen LogP) is 3.59. The molecule has 0 radical (unpaired) electrons. The van der Waals surface area contributed by atoms with Crippen molar-refractivity contribution in [1.82, 2.24) is 29.0 Å². The number of hydrogen-bond acceptors (Lipinski definition) is 4. The van der Waals surface area contributed by atoms with E-state index < -0.39 is 0 Å². The summed E-state index contributed by atoms with van der Waals surface area (Å²) >= 11 is 6.06. The van der Waals surface area contributed by atoms with Gasteiger partial charge in [0.05, 0.1) is 11.4 Å². The lowest BCUT2D eigenvalue weighted by atomic mass is 10.2. The maximum Gasteiger partial charge on any atom is 0.280 e. The number of aryl methyl sites for hydroxylation is 1. The quantitative estimate of drug-likeness (QED) is 0.429. The Morgan fingerprint density at radius 2 is 1.81 bits per heavy atom. The van der Waals surface area contributed by atoms with Gasteiger partial charge in [0.1, 0.15) is 17.4 Å². The Labute approximate surface area is 190 Å². The van der Waals surface area contributed by atoms with Crippen LogP contribution in [0.3, 0.4) is 0 Å². The van der Waals surface area contributed by atoms with Gasteiger partial charge in [0.25, 0.3) is 5.56 Å². The molecule has 166 valence electrons. The minimum absolute atomic E-state index is 0.118. The van der Waals surface area contributed by atoms with Crippen molar-refractivity contribution in [2.24, 2.45) is 0 Å². The summed E-state index contributed by atoms with van der Waals surface area (Å²) in [5.41, 5.74) is 1.48. The Hall–Kier alpha value is -3.39. The van der Waals surface area contributed by atoms with Crippen molar-refractivity contribution in [3.8, 4) is 11.5 Å². The van der Waals surface area contributed by atoms with Crippen LogP contribution >= 0.6 is 11.6 Å². The van der Waals surface area contributed by atoms with E-state index in [1.54, 1.807) is 35.7 Å². The Bertz CT molecular complexity index is 1310.